The zero-order valence-electron chi connectivity index (χ0n) is 7.90. The van der Waals surface area contributed by atoms with Crippen LogP contribution < -0.4 is 0 Å². The van der Waals surface area contributed by atoms with Crippen molar-refractivity contribution >= 4 is 28.5 Å². The quantitative estimate of drug-likeness (QED) is 0.732. The molecule has 14 heavy (non-hydrogen) atoms. The molecule has 0 aromatic carbocycles. The zero-order chi connectivity index (χ0) is 10.1. The third kappa shape index (κ3) is 1.63. The van der Waals surface area contributed by atoms with E-state index in [2.05, 4.69) is 4.98 Å². The molecule has 0 unspecified atom stereocenters. The van der Waals surface area contributed by atoms with E-state index in [1.165, 1.54) is 11.3 Å². The molecular weight excluding hydrogens is 214 g/mol. The number of carbonyl (C=O) groups is 1. The monoisotopic (exact) mass is 223 g/mol. The number of aromatic nitrogens is 1. The number of rotatable bonds is 2. The summed E-state index contributed by atoms with van der Waals surface area (Å²) in [7, 11) is 0. The predicted octanol–water partition coefficient (Wildman–Crippen LogP) is 3.05. The highest BCUT2D eigenvalue weighted by Gasteiger charge is 2.14. The molecular formula is C10H9NOS2. The summed E-state index contributed by atoms with van der Waals surface area (Å²) in [6.45, 7) is 3.85. The van der Waals surface area contributed by atoms with Gasteiger partial charge in [-0.3, -0.25) is 4.79 Å². The summed E-state index contributed by atoms with van der Waals surface area (Å²) in [5.41, 5.74) is 2.37. The van der Waals surface area contributed by atoms with Gasteiger partial charge in [0.05, 0.1) is 5.01 Å². The van der Waals surface area contributed by atoms with Gasteiger partial charge in [-0.05, 0) is 24.8 Å². The molecule has 0 bridgehead atoms. The average molecular weight is 223 g/mol. The molecule has 72 valence electrons. The molecule has 0 fully saturated rings. The Morgan fingerprint density at radius 2 is 2.07 bits per heavy atom. The van der Waals surface area contributed by atoms with Gasteiger partial charge in [0, 0.05) is 16.3 Å². The van der Waals surface area contributed by atoms with Crippen LogP contribution in [0.3, 0.4) is 0 Å². The van der Waals surface area contributed by atoms with Crippen molar-refractivity contribution in [2.75, 3.05) is 0 Å². The number of hydrogen-bond donors (Lipinski definition) is 0. The molecule has 4 heteroatoms. The van der Waals surface area contributed by atoms with Crippen LogP contribution in [-0.2, 0) is 0 Å². The van der Waals surface area contributed by atoms with E-state index in [9.17, 15) is 4.79 Å². The maximum atomic E-state index is 11.9. The maximum Gasteiger partial charge on any atom is 0.213 e. The van der Waals surface area contributed by atoms with E-state index in [0.29, 0.717) is 5.69 Å². The first-order valence-corrected chi connectivity index (χ1v) is 6.00. The fraction of sp³-hybridized carbons (Fsp3) is 0.200. The summed E-state index contributed by atoms with van der Waals surface area (Å²) in [5, 5.41) is 6.61. The second-order valence-electron chi connectivity index (χ2n) is 3.05. The second kappa shape index (κ2) is 3.63. The van der Waals surface area contributed by atoms with Crippen molar-refractivity contribution in [3.05, 3.63) is 38.0 Å². The molecule has 0 saturated carbocycles. The Hall–Kier alpha value is -1.00. The first-order chi connectivity index (χ1) is 6.68. The lowest BCUT2D eigenvalue weighted by atomic mass is 10.1. The van der Waals surface area contributed by atoms with Crippen LogP contribution in [0.5, 0.6) is 0 Å². The van der Waals surface area contributed by atoms with Crippen molar-refractivity contribution in [3.8, 4) is 0 Å². The lowest BCUT2D eigenvalue weighted by molar-refractivity contribution is 0.103. The maximum absolute atomic E-state index is 11.9. The SMILES string of the molecule is Cc1nc(C(=O)c2cscc2C)cs1. The van der Waals surface area contributed by atoms with Gasteiger partial charge in [0.1, 0.15) is 5.69 Å². The second-order valence-corrected chi connectivity index (χ2v) is 4.86. The Morgan fingerprint density at radius 1 is 1.29 bits per heavy atom. The normalized spacial score (nSPS) is 10.4. The van der Waals surface area contributed by atoms with Crippen LogP contribution in [0.1, 0.15) is 26.6 Å². The Bertz CT molecular complexity index is 470. The van der Waals surface area contributed by atoms with Crippen LogP contribution >= 0.6 is 22.7 Å². The first kappa shape index (κ1) is 9.55. The summed E-state index contributed by atoms with van der Waals surface area (Å²) in [4.78, 5) is 16.1. The molecule has 2 nitrogen and oxygen atoms in total. The summed E-state index contributed by atoms with van der Waals surface area (Å²) >= 11 is 3.06. The van der Waals surface area contributed by atoms with E-state index in [1.807, 2.05) is 30.0 Å². The molecule has 0 radical (unpaired) electrons. The standard InChI is InChI=1S/C10H9NOS2/c1-6-3-13-4-8(6)10(12)9-5-14-7(2)11-9/h3-5H,1-2H3. The van der Waals surface area contributed by atoms with Crippen LogP contribution in [0.2, 0.25) is 0 Å². The zero-order valence-corrected chi connectivity index (χ0v) is 9.54. The van der Waals surface area contributed by atoms with Crippen molar-refractivity contribution in [2.45, 2.75) is 13.8 Å². The van der Waals surface area contributed by atoms with Gasteiger partial charge in [-0.25, -0.2) is 4.98 Å². The minimum absolute atomic E-state index is 0.0353. The fourth-order valence-corrected chi connectivity index (χ4v) is 2.62. The molecule has 0 saturated heterocycles. The van der Waals surface area contributed by atoms with E-state index in [1.54, 1.807) is 11.3 Å². The van der Waals surface area contributed by atoms with Gasteiger partial charge in [0.25, 0.3) is 0 Å². The van der Waals surface area contributed by atoms with E-state index in [4.69, 9.17) is 0 Å². The third-order valence-electron chi connectivity index (χ3n) is 1.95. The summed E-state index contributed by atoms with van der Waals surface area (Å²) in [6.07, 6.45) is 0. The molecule has 2 rings (SSSR count). The van der Waals surface area contributed by atoms with Gasteiger partial charge in [0.2, 0.25) is 5.78 Å². The van der Waals surface area contributed by atoms with E-state index < -0.39 is 0 Å². The fourth-order valence-electron chi connectivity index (χ4n) is 1.20. The molecule has 0 N–H and O–H groups in total. The minimum Gasteiger partial charge on any atom is -0.287 e. The van der Waals surface area contributed by atoms with Crippen molar-refractivity contribution in [3.63, 3.8) is 0 Å². The lowest BCUT2D eigenvalue weighted by Gasteiger charge is -1.94. The molecule has 0 amide bonds. The van der Waals surface area contributed by atoms with Crippen LogP contribution in [-0.4, -0.2) is 10.8 Å². The van der Waals surface area contributed by atoms with Crippen LogP contribution in [0, 0.1) is 13.8 Å². The Balaban J connectivity index is 2.38. The Kier molecular flexibility index (Phi) is 2.48. The number of aryl methyl sites for hydroxylation is 2. The summed E-state index contributed by atoms with van der Waals surface area (Å²) in [6, 6.07) is 0. The lowest BCUT2D eigenvalue weighted by Crippen LogP contribution is -2.01. The van der Waals surface area contributed by atoms with Crippen molar-refractivity contribution in [1.29, 1.82) is 0 Å². The number of hydrogen-bond acceptors (Lipinski definition) is 4. The molecule has 2 aromatic heterocycles. The highest BCUT2D eigenvalue weighted by molar-refractivity contribution is 7.10. The molecule has 2 heterocycles. The van der Waals surface area contributed by atoms with Gasteiger partial charge >= 0.3 is 0 Å². The average Bonchev–Trinajstić information content (AvgIpc) is 2.73. The first-order valence-electron chi connectivity index (χ1n) is 4.18. The number of carbonyl (C=O) groups excluding carboxylic acids is 1. The highest BCUT2D eigenvalue weighted by atomic mass is 32.1. The summed E-state index contributed by atoms with van der Waals surface area (Å²) in [5.74, 6) is 0.0353. The van der Waals surface area contributed by atoms with E-state index >= 15 is 0 Å². The van der Waals surface area contributed by atoms with Crippen molar-refractivity contribution in [1.82, 2.24) is 4.98 Å². The van der Waals surface area contributed by atoms with E-state index in [0.717, 1.165) is 16.1 Å². The summed E-state index contributed by atoms with van der Waals surface area (Å²) < 4.78 is 0. The Morgan fingerprint density at radius 3 is 2.57 bits per heavy atom. The molecule has 0 spiro atoms. The number of thiazole rings is 1. The molecule has 0 atom stereocenters. The smallest absolute Gasteiger partial charge is 0.213 e. The minimum atomic E-state index is 0.0353. The van der Waals surface area contributed by atoms with Crippen molar-refractivity contribution in [2.24, 2.45) is 0 Å². The van der Waals surface area contributed by atoms with E-state index in [-0.39, 0.29) is 5.78 Å². The van der Waals surface area contributed by atoms with Crippen LogP contribution in [0.25, 0.3) is 0 Å². The van der Waals surface area contributed by atoms with Gasteiger partial charge in [-0.2, -0.15) is 11.3 Å². The van der Waals surface area contributed by atoms with Crippen LogP contribution in [0.15, 0.2) is 16.1 Å². The topological polar surface area (TPSA) is 30.0 Å². The van der Waals surface area contributed by atoms with Gasteiger partial charge in [0.15, 0.2) is 0 Å². The van der Waals surface area contributed by atoms with Gasteiger partial charge < -0.3 is 0 Å². The number of thiophene rings is 1. The molecule has 0 aliphatic rings. The highest BCUT2D eigenvalue weighted by Crippen LogP contribution is 2.19. The molecule has 0 aliphatic carbocycles. The van der Waals surface area contributed by atoms with Crippen molar-refractivity contribution < 1.29 is 4.79 Å². The largest absolute Gasteiger partial charge is 0.287 e. The third-order valence-corrected chi connectivity index (χ3v) is 3.59. The molecule has 0 aliphatic heterocycles. The van der Waals surface area contributed by atoms with Gasteiger partial charge in [-0.1, -0.05) is 0 Å². The van der Waals surface area contributed by atoms with Crippen LogP contribution in [0.4, 0.5) is 0 Å². The Labute approximate surface area is 90.2 Å². The number of ketones is 1. The predicted molar refractivity (Wildman–Crippen MR) is 59.3 cm³/mol. The van der Waals surface area contributed by atoms with Gasteiger partial charge in [-0.15, -0.1) is 11.3 Å². The molecule has 2 aromatic rings. The number of nitrogens with zero attached hydrogens (tertiary/aromatic N) is 1.